The summed E-state index contributed by atoms with van der Waals surface area (Å²) in [6.07, 6.45) is 0.887. The Morgan fingerprint density at radius 2 is 2.27 bits per heavy atom. The minimum atomic E-state index is -0.362. The summed E-state index contributed by atoms with van der Waals surface area (Å²) in [6.45, 7) is 6.32. The Morgan fingerprint density at radius 1 is 1.60 bits per heavy atom. The molecule has 3 N–H and O–H groups in total. The molecule has 0 aliphatic rings. The average molecular weight is 226 g/mol. The molecule has 4 heteroatoms. The molecular weight excluding hydrogens is 208 g/mol. The maximum absolute atomic E-state index is 11.8. The fourth-order valence-corrected chi connectivity index (χ4v) is 2.11. The van der Waals surface area contributed by atoms with E-state index in [4.69, 9.17) is 5.73 Å². The van der Waals surface area contributed by atoms with Crippen molar-refractivity contribution in [2.45, 2.75) is 32.7 Å². The molecule has 1 amide bonds. The van der Waals surface area contributed by atoms with Crippen molar-refractivity contribution in [3.63, 3.8) is 0 Å². The quantitative estimate of drug-likeness (QED) is 0.822. The molecule has 1 rings (SSSR count). The zero-order chi connectivity index (χ0) is 11.5. The van der Waals surface area contributed by atoms with Gasteiger partial charge in [0.05, 0.1) is 4.88 Å². The van der Waals surface area contributed by atoms with Crippen LogP contribution in [0.5, 0.6) is 0 Å². The number of rotatable bonds is 4. The van der Waals surface area contributed by atoms with Crippen LogP contribution < -0.4 is 11.1 Å². The van der Waals surface area contributed by atoms with E-state index in [0.717, 1.165) is 16.9 Å². The van der Waals surface area contributed by atoms with Gasteiger partial charge in [0.1, 0.15) is 0 Å². The molecule has 0 unspecified atom stereocenters. The first-order valence-electron chi connectivity index (χ1n) is 5.07. The van der Waals surface area contributed by atoms with Gasteiger partial charge in [0.25, 0.3) is 5.91 Å². The van der Waals surface area contributed by atoms with Crippen LogP contribution in [0.2, 0.25) is 0 Å². The number of aryl methyl sites for hydroxylation is 1. The van der Waals surface area contributed by atoms with Crippen LogP contribution >= 0.6 is 11.3 Å². The molecule has 0 spiro atoms. The molecule has 0 fully saturated rings. The van der Waals surface area contributed by atoms with Crippen molar-refractivity contribution in [1.29, 1.82) is 0 Å². The molecule has 0 saturated carbocycles. The van der Waals surface area contributed by atoms with E-state index in [1.807, 2.05) is 32.2 Å². The van der Waals surface area contributed by atoms with Gasteiger partial charge >= 0.3 is 0 Å². The number of thiophene rings is 1. The highest BCUT2D eigenvalue weighted by atomic mass is 32.1. The lowest BCUT2D eigenvalue weighted by molar-refractivity contribution is 0.0949. The SMILES string of the molecule is CCc1ccsc1C(=O)NCC(C)(C)N. The van der Waals surface area contributed by atoms with E-state index < -0.39 is 0 Å². The highest BCUT2D eigenvalue weighted by Crippen LogP contribution is 2.17. The summed E-state index contributed by atoms with van der Waals surface area (Å²) in [5.41, 5.74) is 6.54. The van der Waals surface area contributed by atoms with Gasteiger partial charge in [-0.2, -0.15) is 0 Å². The topological polar surface area (TPSA) is 55.1 Å². The van der Waals surface area contributed by atoms with Gasteiger partial charge in [0.15, 0.2) is 0 Å². The van der Waals surface area contributed by atoms with E-state index in [2.05, 4.69) is 5.32 Å². The van der Waals surface area contributed by atoms with Crippen molar-refractivity contribution < 1.29 is 4.79 Å². The molecule has 0 atom stereocenters. The second-order valence-electron chi connectivity index (χ2n) is 4.30. The van der Waals surface area contributed by atoms with Crippen molar-refractivity contribution >= 4 is 17.2 Å². The Balaban J connectivity index is 2.62. The number of carbonyl (C=O) groups excluding carboxylic acids is 1. The van der Waals surface area contributed by atoms with Crippen molar-refractivity contribution in [2.75, 3.05) is 6.54 Å². The predicted molar refractivity (Wildman–Crippen MR) is 64.3 cm³/mol. The normalized spacial score (nSPS) is 11.5. The second kappa shape index (κ2) is 4.77. The van der Waals surface area contributed by atoms with Crippen LogP contribution in [0.15, 0.2) is 11.4 Å². The van der Waals surface area contributed by atoms with Crippen molar-refractivity contribution in [3.05, 3.63) is 21.9 Å². The zero-order valence-electron chi connectivity index (χ0n) is 9.46. The summed E-state index contributed by atoms with van der Waals surface area (Å²) in [5, 5.41) is 4.79. The molecule has 15 heavy (non-hydrogen) atoms. The van der Waals surface area contributed by atoms with Crippen LogP contribution in [-0.4, -0.2) is 18.0 Å². The smallest absolute Gasteiger partial charge is 0.261 e. The number of nitrogens with one attached hydrogen (secondary N) is 1. The first-order chi connectivity index (χ1) is 6.94. The number of hydrogen-bond acceptors (Lipinski definition) is 3. The van der Waals surface area contributed by atoms with E-state index in [1.54, 1.807) is 0 Å². The second-order valence-corrected chi connectivity index (χ2v) is 5.22. The Kier molecular flexibility index (Phi) is 3.88. The largest absolute Gasteiger partial charge is 0.350 e. The molecule has 0 saturated heterocycles. The third-order valence-corrected chi connectivity index (χ3v) is 2.99. The van der Waals surface area contributed by atoms with E-state index in [1.165, 1.54) is 11.3 Å². The lowest BCUT2D eigenvalue weighted by Crippen LogP contribution is -2.45. The van der Waals surface area contributed by atoms with Crippen LogP contribution in [0.25, 0.3) is 0 Å². The third-order valence-electron chi connectivity index (χ3n) is 2.04. The van der Waals surface area contributed by atoms with Gasteiger partial charge in [-0.1, -0.05) is 6.92 Å². The number of hydrogen-bond donors (Lipinski definition) is 2. The fraction of sp³-hybridized carbons (Fsp3) is 0.545. The highest BCUT2D eigenvalue weighted by Gasteiger charge is 2.15. The monoisotopic (exact) mass is 226 g/mol. The summed E-state index contributed by atoms with van der Waals surface area (Å²) in [7, 11) is 0. The molecule has 1 aromatic rings. The summed E-state index contributed by atoms with van der Waals surface area (Å²) in [6, 6.07) is 1.99. The van der Waals surface area contributed by atoms with Crippen molar-refractivity contribution in [2.24, 2.45) is 5.73 Å². The standard InChI is InChI=1S/C11H18N2OS/c1-4-8-5-6-15-9(8)10(14)13-7-11(2,3)12/h5-6H,4,7,12H2,1-3H3,(H,13,14). The van der Waals surface area contributed by atoms with Crippen molar-refractivity contribution in [1.82, 2.24) is 5.32 Å². The van der Waals surface area contributed by atoms with Gasteiger partial charge in [-0.25, -0.2) is 0 Å². The molecule has 0 radical (unpaired) electrons. The van der Waals surface area contributed by atoms with E-state index in [-0.39, 0.29) is 11.4 Å². The lowest BCUT2D eigenvalue weighted by Gasteiger charge is -2.18. The maximum Gasteiger partial charge on any atom is 0.261 e. The van der Waals surface area contributed by atoms with Gasteiger partial charge in [-0.3, -0.25) is 4.79 Å². The first-order valence-corrected chi connectivity index (χ1v) is 5.95. The van der Waals surface area contributed by atoms with Gasteiger partial charge in [0.2, 0.25) is 0 Å². The zero-order valence-corrected chi connectivity index (χ0v) is 10.3. The summed E-state index contributed by atoms with van der Waals surface area (Å²) < 4.78 is 0. The van der Waals surface area contributed by atoms with Gasteiger partial charge in [-0.15, -0.1) is 11.3 Å². The van der Waals surface area contributed by atoms with Crippen LogP contribution in [0.1, 0.15) is 36.0 Å². The Labute approximate surface area is 94.7 Å². The Morgan fingerprint density at radius 3 is 2.80 bits per heavy atom. The van der Waals surface area contributed by atoms with Crippen LogP contribution in [-0.2, 0) is 6.42 Å². The molecular formula is C11H18N2OS. The summed E-state index contributed by atoms with van der Waals surface area (Å²) >= 11 is 1.48. The summed E-state index contributed by atoms with van der Waals surface area (Å²) in [4.78, 5) is 12.6. The molecule has 0 bridgehead atoms. The van der Waals surface area contributed by atoms with Gasteiger partial charge in [0, 0.05) is 12.1 Å². The molecule has 1 heterocycles. The van der Waals surface area contributed by atoms with Crippen LogP contribution in [0.3, 0.4) is 0 Å². The molecule has 84 valence electrons. The Hall–Kier alpha value is -0.870. The van der Waals surface area contributed by atoms with Crippen LogP contribution in [0.4, 0.5) is 0 Å². The van der Waals surface area contributed by atoms with Crippen molar-refractivity contribution in [3.8, 4) is 0 Å². The molecule has 0 aliphatic carbocycles. The minimum absolute atomic E-state index is 0.0135. The number of amides is 1. The lowest BCUT2D eigenvalue weighted by atomic mass is 10.1. The third kappa shape index (κ3) is 3.64. The van der Waals surface area contributed by atoms with E-state index in [0.29, 0.717) is 6.54 Å². The summed E-state index contributed by atoms with van der Waals surface area (Å²) in [5.74, 6) is -0.0135. The number of nitrogens with two attached hydrogens (primary N) is 1. The molecule has 0 aliphatic heterocycles. The molecule has 3 nitrogen and oxygen atoms in total. The minimum Gasteiger partial charge on any atom is -0.350 e. The van der Waals surface area contributed by atoms with E-state index in [9.17, 15) is 4.79 Å². The number of carbonyl (C=O) groups is 1. The average Bonchev–Trinajstić information content (AvgIpc) is 2.60. The fourth-order valence-electron chi connectivity index (χ4n) is 1.20. The highest BCUT2D eigenvalue weighted by molar-refractivity contribution is 7.12. The Bertz CT molecular complexity index is 339. The van der Waals surface area contributed by atoms with Gasteiger partial charge in [-0.05, 0) is 37.3 Å². The molecule has 1 aromatic heterocycles. The van der Waals surface area contributed by atoms with Crippen LogP contribution in [0, 0.1) is 0 Å². The van der Waals surface area contributed by atoms with E-state index >= 15 is 0 Å². The predicted octanol–water partition coefficient (Wildman–Crippen LogP) is 1.78. The molecule has 0 aromatic carbocycles. The van der Waals surface area contributed by atoms with Gasteiger partial charge < -0.3 is 11.1 Å². The maximum atomic E-state index is 11.8. The first kappa shape index (κ1) is 12.2.